The molecule has 20 heavy (non-hydrogen) atoms. The molecule has 0 bridgehead atoms. The van der Waals surface area contributed by atoms with Gasteiger partial charge in [0.25, 0.3) is 0 Å². The summed E-state index contributed by atoms with van der Waals surface area (Å²) >= 11 is 5.83. The van der Waals surface area contributed by atoms with E-state index < -0.39 is 0 Å². The molecule has 5 heteroatoms. The van der Waals surface area contributed by atoms with Gasteiger partial charge in [0.2, 0.25) is 0 Å². The maximum Gasteiger partial charge on any atom is 0.176 e. The quantitative estimate of drug-likeness (QED) is 0.837. The molecule has 1 N–H and O–H groups in total. The molecule has 0 radical (unpaired) electrons. The number of benzene rings is 1. The van der Waals surface area contributed by atoms with Gasteiger partial charge in [0, 0.05) is 29.7 Å². The molecule has 1 saturated heterocycles. The van der Waals surface area contributed by atoms with Crippen molar-refractivity contribution < 1.29 is 9.90 Å². The van der Waals surface area contributed by atoms with E-state index >= 15 is 0 Å². The number of β-amino-alcohol motifs (C(OH)–C–C–N with tert-alkyl or cyclic N) is 1. The van der Waals surface area contributed by atoms with Gasteiger partial charge in [-0.1, -0.05) is 11.6 Å². The number of aliphatic hydroxyl groups is 1. The first kappa shape index (κ1) is 15.4. The molecule has 0 aromatic heterocycles. The molecule has 1 aromatic rings. The minimum Gasteiger partial charge on any atom is -0.392 e. The SMILES string of the molecule is CN(C)CC1CC(O)CN1CC(=O)c1ccc(Cl)cc1. The summed E-state index contributed by atoms with van der Waals surface area (Å²) in [4.78, 5) is 16.4. The van der Waals surface area contributed by atoms with Crippen LogP contribution in [0.5, 0.6) is 0 Å². The third kappa shape index (κ3) is 4.03. The number of Topliss-reactive ketones (excluding diaryl/α,β-unsaturated/α-hetero) is 1. The Bertz CT molecular complexity index is 461. The Labute approximate surface area is 124 Å². The van der Waals surface area contributed by atoms with Gasteiger partial charge in [0.15, 0.2) is 5.78 Å². The Kier molecular flexibility index (Phi) is 5.16. The molecule has 1 aliphatic rings. The van der Waals surface area contributed by atoms with Gasteiger partial charge in [0.1, 0.15) is 0 Å². The average Bonchev–Trinajstić information content (AvgIpc) is 2.69. The molecule has 2 atom stereocenters. The molecule has 1 aliphatic heterocycles. The van der Waals surface area contributed by atoms with Gasteiger partial charge in [-0.15, -0.1) is 0 Å². The highest BCUT2D eigenvalue weighted by molar-refractivity contribution is 6.30. The molecule has 110 valence electrons. The summed E-state index contributed by atoms with van der Waals surface area (Å²) in [7, 11) is 4.01. The van der Waals surface area contributed by atoms with Crippen molar-refractivity contribution in [2.24, 2.45) is 0 Å². The number of hydrogen-bond acceptors (Lipinski definition) is 4. The fraction of sp³-hybridized carbons (Fsp3) is 0.533. The van der Waals surface area contributed by atoms with Gasteiger partial charge in [-0.05, 0) is 44.8 Å². The number of halogens is 1. The second-order valence-corrected chi connectivity index (χ2v) is 6.10. The Balaban J connectivity index is 2.00. The van der Waals surface area contributed by atoms with Crippen LogP contribution >= 0.6 is 11.6 Å². The number of rotatable bonds is 5. The Morgan fingerprint density at radius 1 is 1.40 bits per heavy atom. The molecule has 0 saturated carbocycles. The predicted molar refractivity (Wildman–Crippen MR) is 80.3 cm³/mol. The fourth-order valence-electron chi connectivity index (χ4n) is 2.67. The van der Waals surface area contributed by atoms with Crippen LogP contribution < -0.4 is 0 Å². The number of likely N-dealkylation sites (tertiary alicyclic amines) is 1. The van der Waals surface area contributed by atoms with E-state index in [-0.39, 0.29) is 17.9 Å². The number of carbonyl (C=O) groups excluding carboxylic acids is 1. The molecule has 1 aromatic carbocycles. The van der Waals surface area contributed by atoms with E-state index in [1.807, 2.05) is 14.1 Å². The first-order valence-corrected chi connectivity index (χ1v) is 7.19. The van der Waals surface area contributed by atoms with Crippen molar-refractivity contribution in [3.63, 3.8) is 0 Å². The molecule has 4 nitrogen and oxygen atoms in total. The van der Waals surface area contributed by atoms with Crippen molar-refractivity contribution in [3.8, 4) is 0 Å². The van der Waals surface area contributed by atoms with Crippen molar-refractivity contribution in [3.05, 3.63) is 34.9 Å². The van der Waals surface area contributed by atoms with E-state index in [1.165, 1.54) is 0 Å². The van der Waals surface area contributed by atoms with Gasteiger partial charge in [-0.2, -0.15) is 0 Å². The summed E-state index contributed by atoms with van der Waals surface area (Å²) < 4.78 is 0. The summed E-state index contributed by atoms with van der Waals surface area (Å²) in [6.07, 6.45) is 0.393. The van der Waals surface area contributed by atoms with Gasteiger partial charge in [-0.3, -0.25) is 9.69 Å². The van der Waals surface area contributed by atoms with Gasteiger partial charge >= 0.3 is 0 Å². The van der Waals surface area contributed by atoms with Gasteiger partial charge in [-0.25, -0.2) is 0 Å². The lowest BCUT2D eigenvalue weighted by Gasteiger charge is -2.25. The topological polar surface area (TPSA) is 43.8 Å². The minimum atomic E-state index is -0.335. The standard InChI is InChI=1S/C15H21ClN2O2/c1-17(2)8-13-7-14(19)9-18(13)10-15(20)11-3-5-12(16)6-4-11/h3-6,13-14,19H,7-10H2,1-2H3. The lowest BCUT2D eigenvalue weighted by Crippen LogP contribution is -2.40. The molecule has 1 fully saturated rings. The molecule has 0 spiro atoms. The van der Waals surface area contributed by atoms with Crippen molar-refractivity contribution in [1.82, 2.24) is 9.80 Å². The Morgan fingerprint density at radius 3 is 2.65 bits per heavy atom. The van der Waals surface area contributed by atoms with Crippen molar-refractivity contribution in [1.29, 1.82) is 0 Å². The molecular weight excluding hydrogens is 276 g/mol. The smallest absolute Gasteiger partial charge is 0.176 e. The van der Waals surface area contributed by atoms with E-state index in [2.05, 4.69) is 9.80 Å². The third-order valence-corrected chi connectivity index (χ3v) is 3.85. The van der Waals surface area contributed by atoms with Crippen LogP contribution in [0.2, 0.25) is 5.02 Å². The third-order valence-electron chi connectivity index (χ3n) is 3.59. The van der Waals surface area contributed by atoms with Gasteiger partial charge in [0.05, 0.1) is 12.6 Å². The number of likely N-dealkylation sites (N-methyl/N-ethyl adjacent to an activating group) is 1. The molecule has 0 aliphatic carbocycles. The zero-order valence-electron chi connectivity index (χ0n) is 11.9. The highest BCUT2D eigenvalue weighted by atomic mass is 35.5. The second-order valence-electron chi connectivity index (χ2n) is 5.67. The molecule has 2 rings (SSSR count). The Hall–Kier alpha value is -0.940. The lowest BCUT2D eigenvalue weighted by molar-refractivity contribution is 0.0902. The summed E-state index contributed by atoms with van der Waals surface area (Å²) in [5.41, 5.74) is 0.666. The van der Waals surface area contributed by atoms with Crippen LogP contribution in [-0.4, -0.2) is 66.6 Å². The zero-order chi connectivity index (χ0) is 14.7. The van der Waals surface area contributed by atoms with Crippen LogP contribution in [0.4, 0.5) is 0 Å². The minimum absolute atomic E-state index is 0.0690. The largest absolute Gasteiger partial charge is 0.392 e. The highest BCUT2D eigenvalue weighted by Crippen LogP contribution is 2.19. The van der Waals surface area contributed by atoms with Crippen LogP contribution in [0.1, 0.15) is 16.8 Å². The number of carbonyl (C=O) groups is 1. The summed E-state index contributed by atoms with van der Waals surface area (Å²) in [5.74, 6) is 0.0690. The summed E-state index contributed by atoms with van der Waals surface area (Å²) in [6, 6.07) is 7.18. The molecular formula is C15H21ClN2O2. The van der Waals surface area contributed by atoms with E-state index in [0.717, 1.165) is 13.0 Å². The van der Waals surface area contributed by atoms with Crippen molar-refractivity contribution in [2.45, 2.75) is 18.6 Å². The fourth-order valence-corrected chi connectivity index (χ4v) is 2.80. The van der Waals surface area contributed by atoms with Crippen LogP contribution in [0.15, 0.2) is 24.3 Å². The van der Waals surface area contributed by atoms with Gasteiger partial charge < -0.3 is 10.0 Å². The number of ketones is 1. The van der Waals surface area contributed by atoms with Crippen molar-refractivity contribution >= 4 is 17.4 Å². The van der Waals surface area contributed by atoms with Crippen molar-refractivity contribution in [2.75, 3.05) is 33.7 Å². The first-order chi connectivity index (χ1) is 9.45. The number of nitrogens with zero attached hydrogens (tertiary/aromatic N) is 2. The van der Waals surface area contributed by atoms with E-state index in [9.17, 15) is 9.90 Å². The molecule has 0 amide bonds. The number of aliphatic hydroxyl groups excluding tert-OH is 1. The highest BCUT2D eigenvalue weighted by Gasteiger charge is 2.32. The maximum atomic E-state index is 12.3. The van der Waals surface area contributed by atoms with E-state index in [0.29, 0.717) is 23.7 Å². The maximum absolute atomic E-state index is 12.3. The summed E-state index contributed by atoms with van der Waals surface area (Å²) in [5, 5.41) is 10.4. The normalized spacial score (nSPS) is 23.4. The van der Waals surface area contributed by atoms with Crippen LogP contribution in [-0.2, 0) is 0 Å². The monoisotopic (exact) mass is 296 g/mol. The lowest BCUT2D eigenvalue weighted by atomic mass is 10.1. The van der Waals surface area contributed by atoms with E-state index in [4.69, 9.17) is 11.6 Å². The molecule has 2 unspecified atom stereocenters. The average molecular weight is 297 g/mol. The first-order valence-electron chi connectivity index (χ1n) is 6.81. The van der Waals surface area contributed by atoms with Crippen LogP contribution in [0.3, 0.4) is 0 Å². The molecule has 1 heterocycles. The predicted octanol–water partition coefficient (Wildman–Crippen LogP) is 1.52. The number of hydrogen-bond donors (Lipinski definition) is 1. The Morgan fingerprint density at radius 2 is 2.05 bits per heavy atom. The zero-order valence-corrected chi connectivity index (χ0v) is 12.7. The summed E-state index contributed by atoms with van der Waals surface area (Å²) in [6.45, 7) is 1.76. The second kappa shape index (κ2) is 6.68. The van der Waals surface area contributed by atoms with Crippen LogP contribution in [0, 0.1) is 0 Å². The van der Waals surface area contributed by atoms with E-state index in [1.54, 1.807) is 24.3 Å². The van der Waals surface area contributed by atoms with Crippen LogP contribution in [0.25, 0.3) is 0 Å².